The lowest BCUT2D eigenvalue weighted by molar-refractivity contribution is 0.0771. The first-order valence-electron chi connectivity index (χ1n) is 7.40. The van der Waals surface area contributed by atoms with E-state index in [0.717, 1.165) is 13.1 Å². The molecule has 0 aliphatic carbocycles. The summed E-state index contributed by atoms with van der Waals surface area (Å²) in [5.41, 5.74) is 6.84. The Morgan fingerprint density at radius 2 is 1.83 bits per heavy atom. The van der Waals surface area contributed by atoms with Crippen LogP contribution in [0.15, 0.2) is 0 Å². The van der Waals surface area contributed by atoms with E-state index in [1.54, 1.807) is 0 Å². The lowest BCUT2D eigenvalue weighted by atomic mass is 9.81. The van der Waals surface area contributed by atoms with Crippen LogP contribution in [0.1, 0.15) is 53.9 Å². The molecule has 0 bridgehead atoms. The van der Waals surface area contributed by atoms with Crippen LogP contribution in [-0.4, -0.2) is 41.8 Å². The van der Waals surface area contributed by atoms with E-state index in [2.05, 4.69) is 39.5 Å². The number of nitrogens with two attached hydrogens (primary N) is 1. The number of rotatable bonds is 5. The van der Waals surface area contributed by atoms with Crippen LogP contribution in [0.5, 0.6) is 0 Å². The second-order valence-corrected chi connectivity index (χ2v) is 7.07. The second kappa shape index (κ2) is 5.89. The van der Waals surface area contributed by atoms with Gasteiger partial charge in [-0.05, 0) is 36.6 Å². The Morgan fingerprint density at radius 3 is 2.17 bits per heavy atom. The topological polar surface area (TPSA) is 49.5 Å². The van der Waals surface area contributed by atoms with E-state index in [4.69, 9.17) is 5.73 Å². The fraction of sp³-hybridized carbons (Fsp3) is 1.00. The summed E-state index contributed by atoms with van der Waals surface area (Å²) in [5, 5.41) is 9.71. The normalized spacial score (nSPS) is 24.2. The van der Waals surface area contributed by atoms with E-state index >= 15 is 0 Å². The Kier molecular flexibility index (Phi) is 5.22. The molecule has 1 aliphatic heterocycles. The van der Waals surface area contributed by atoms with Gasteiger partial charge in [0.25, 0.3) is 0 Å². The van der Waals surface area contributed by atoms with Crippen LogP contribution in [0.4, 0.5) is 0 Å². The third-order valence-electron chi connectivity index (χ3n) is 5.04. The molecular weight excluding hydrogens is 224 g/mol. The summed E-state index contributed by atoms with van der Waals surface area (Å²) in [6, 6.07) is 0.122. The smallest absolute Gasteiger partial charge is 0.0602 e. The van der Waals surface area contributed by atoms with Crippen LogP contribution in [-0.2, 0) is 0 Å². The van der Waals surface area contributed by atoms with Crippen LogP contribution in [0, 0.1) is 10.8 Å². The van der Waals surface area contributed by atoms with Crippen LogP contribution < -0.4 is 5.73 Å². The Bertz CT molecular complexity index is 256. The van der Waals surface area contributed by atoms with Gasteiger partial charge in [-0.2, -0.15) is 0 Å². The van der Waals surface area contributed by atoms with E-state index in [1.165, 1.54) is 19.3 Å². The maximum Gasteiger partial charge on any atom is 0.0602 e. The van der Waals surface area contributed by atoms with Crippen LogP contribution in [0.25, 0.3) is 0 Å². The molecular formula is C15H32N2O. The first kappa shape index (κ1) is 15.9. The van der Waals surface area contributed by atoms with Gasteiger partial charge in [-0.25, -0.2) is 0 Å². The van der Waals surface area contributed by atoms with Gasteiger partial charge in [0.1, 0.15) is 0 Å². The van der Waals surface area contributed by atoms with Gasteiger partial charge in [-0.1, -0.05) is 34.6 Å². The van der Waals surface area contributed by atoms with Crippen molar-refractivity contribution in [2.75, 3.05) is 19.7 Å². The molecule has 1 rings (SSSR count). The molecule has 0 radical (unpaired) electrons. The largest absolute Gasteiger partial charge is 0.395 e. The molecule has 0 aromatic rings. The molecule has 3 N–H and O–H groups in total. The van der Waals surface area contributed by atoms with E-state index in [-0.39, 0.29) is 24.1 Å². The number of likely N-dealkylation sites (tertiary alicyclic amines) is 1. The quantitative estimate of drug-likeness (QED) is 0.793. The summed E-state index contributed by atoms with van der Waals surface area (Å²) in [4.78, 5) is 2.42. The van der Waals surface area contributed by atoms with E-state index in [0.29, 0.717) is 5.41 Å². The fourth-order valence-electron chi connectivity index (χ4n) is 3.11. The summed E-state index contributed by atoms with van der Waals surface area (Å²) in [6.07, 6.45) is 3.69. The third-order valence-corrected chi connectivity index (χ3v) is 5.04. The molecule has 1 heterocycles. The number of hydrogen-bond donors (Lipinski definition) is 2. The lowest BCUT2D eigenvalue weighted by Crippen LogP contribution is -2.55. The number of aliphatic hydroxyl groups is 1. The molecule has 2 atom stereocenters. The van der Waals surface area contributed by atoms with Crippen molar-refractivity contribution in [3.8, 4) is 0 Å². The number of hydrogen-bond acceptors (Lipinski definition) is 3. The second-order valence-electron chi connectivity index (χ2n) is 7.07. The van der Waals surface area contributed by atoms with Crippen LogP contribution >= 0.6 is 0 Å². The molecule has 108 valence electrons. The third kappa shape index (κ3) is 3.25. The number of aliphatic hydroxyl groups excluding tert-OH is 1. The Balaban J connectivity index is 2.75. The molecule has 18 heavy (non-hydrogen) atoms. The average Bonchev–Trinajstić information content (AvgIpc) is 2.74. The average molecular weight is 256 g/mol. The first-order valence-corrected chi connectivity index (χ1v) is 7.40. The summed E-state index contributed by atoms with van der Waals surface area (Å²) in [5.74, 6) is 0. The minimum atomic E-state index is 0.0204. The lowest BCUT2D eigenvalue weighted by Gasteiger charge is -2.39. The monoisotopic (exact) mass is 256 g/mol. The highest BCUT2D eigenvalue weighted by Crippen LogP contribution is 2.38. The van der Waals surface area contributed by atoms with Gasteiger partial charge in [-0.3, -0.25) is 4.90 Å². The highest BCUT2D eigenvalue weighted by Gasteiger charge is 2.41. The minimum absolute atomic E-state index is 0.0204. The predicted molar refractivity (Wildman–Crippen MR) is 77.5 cm³/mol. The van der Waals surface area contributed by atoms with Crippen molar-refractivity contribution in [3.63, 3.8) is 0 Å². The highest BCUT2D eigenvalue weighted by molar-refractivity contribution is 4.96. The summed E-state index contributed by atoms with van der Waals surface area (Å²) in [6.45, 7) is 13.4. The molecule has 1 aliphatic rings. The first-order chi connectivity index (χ1) is 8.29. The van der Waals surface area contributed by atoms with Gasteiger partial charge in [0.2, 0.25) is 0 Å². The molecule has 1 saturated heterocycles. The van der Waals surface area contributed by atoms with E-state index < -0.39 is 0 Å². The summed E-state index contributed by atoms with van der Waals surface area (Å²) < 4.78 is 0. The molecule has 3 heteroatoms. The summed E-state index contributed by atoms with van der Waals surface area (Å²) in [7, 11) is 0. The van der Waals surface area contributed by atoms with Gasteiger partial charge in [0, 0.05) is 18.6 Å². The molecule has 2 unspecified atom stereocenters. The Morgan fingerprint density at radius 1 is 1.28 bits per heavy atom. The van der Waals surface area contributed by atoms with Crippen molar-refractivity contribution in [2.24, 2.45) is 16.6 Å². The van der Waals surface area contributed by atoms with Gasteiger partial charge in [0.15, 0.2) is 0 Å². The van der Waals surface area contributed by atoms with Gasteiger partial charge in [0.05, 0.1) is 6.61 Å². The predicted octanol–water partition coefficient (Wildman–Crippen LogP) is 2.23. The zero-order chi connectivity index (χ0) is 14.0. The highest BCUT2D eigenvalue weighted by atomic mass is 16.3. The molecule has 0 saturated carbocycles. The molecule has 0 aromatic carbocycles. The van der Waals surface area contributed by atoms with Gasteiger partial charge >= 0.3 is 0 Å². The molecule has 0 amide bonds. The van der Waals surface area contributed by atoms with E-state index in [9.17, 15) is 5.11 Å². The molecule has 3 nitrogen and oxygen atoms in total. The van der Waals surface area contributed by atoms with Crippen molar-refractivity contribution in [1.29, 1.82) is 0 Å². The zero-order valence-corrected chi connectivity index (χ0v) is 12.9. The van der Waals surface area contributed by atoms with Crippen molar-refractivity contribution in [1.82, 2.24) is 4.90 Å². The summed E-state index contributed by atoms with van der Waals surface area (Å²) >= 11 is 0. The molecule has 0 spiro atoms. The van der Waals surface area contributed by atoms with Crippen molar-refractivity contribution in [2.45, 2.75) is 66.0 Å². The van der Waals surface area contributed by atoms with E-state index in [1.807, 2.05) is 0 Å². The molecule has 1 fully saturated rings. The minimum Gasteiger partial charge on any atom is -0.395 e. The van der Waals surface area contributed by atoms with Crippen LogP contribution in [0.3, 0.4) is 0 Å². The van der Waals surface area contributed by atoms with Gasteiger partial charge in [-0.15, -0.1) is 0 Å². The Labute approximate surface area is 113 Å². The number of nitrogens with zero attached hydrogens (tertiary/aromatic N) is 1. The standard InChI is InChI=1S/C15H32N2O/c1-6-15(7-2)8-9-17(11-15)12(10-18)13(16)14(3,4)5/h12-13,18H,6-11,16H2,1-5H3. The van der Waals surface area contributed by atoms with Gasteiger partial charge < -0.3 is 10.8 Å². The molecule has 0 aromatic heterocycles. The van der Waals surface area contributed by atoms with Crippen LogP contribution in [0.2, 0.25) is 0 Å². The Hall–Kier alpha value is -0.120. The van der Waals surface area contributed by atoms with Crippen molar-refractivity contribution >= 4 is 0 Å². The fourth-order valence-corrected chi connectivity index (χ4v) is 3.11. The maximum absolute atomic E-state index is 9.71. The zero-order valence-electron chi connectivity index (χ0n) is 12.9. The van der Waals surface area contributed by atoms with Crippen molar-refractivity contribution in [3.05, 3.63) is 0 Å². The SMILES string of the molecule is CCC1(CC)CCN(C(CO)C(N)C(C)(C)C)C1. The maximum atomic E-state index is 9.71. The van der Waals surface area contributed by atoms with Crippen molar-refractivity contribution < 1.29 is 5.11 Å².